The van der Waals surface area contributed by atoms with E-state index in [4.69, 9.17) is 9.26 Å². The normalized spacial score (nSPS) is 18.5. The molecule has 3 aromatic rings. The molecule has 1 aliphatic rings. The topological polar surface area (TPSA) is 76.4 Å². The number of amides is 1. The molecule has 4 rings (SSSR count). The van der Waals surface area contributed by atoms with Crippen LogP contribution >= 0.6 is 0 Å². The lowest BCUT2D eigenvalue weighted by atomic mass is 9.81. The Bertz CT molecular complexity index is 943. The summed E-state index contributed by atoms with van der Waals surface area (Å²) in [7, 11) is 0. The summed E-state index contributed by atoms with van der Waals surface area (Å²) in [5.74, 6) is 2.30. The van der Waals surface area contributed by atoms with Gasteiger partial charge in [-0.2, -0.15) is 0 Å². The van der Waals surface area contributed by atoms with Gasteiger partial charge in [-0.3, -0.25) is 4.79 Å². The molecule has 1 aromatic heterocycles. The van der Waals surface area contributed by atoms with Gasteiger partial charge in [-0.05, 0) is 55.5 Å². The molecule has 2 atom stereocenters. The molecule has 0 aliphatic carbocycles. The van der Waals surface area contributed by atoms with Gasteiger partial charge < -0.3 is 19.9 Å². The minimum atomic E-state index is 0.109. The molecule has 2 heterocycles. The summed E-state index contributed by atoms with van der Waals surface area (Å²) in [4.78, 5) is 12.5. The minimum Gasteiger partial charge on any atom is -0.486 e. The molecule has 6 heteroatoms. The van der Waals surface area contributed by atoms with E-state index in [1.54, 1.807) is 0 Å². The molecule has 0 spiro atoms. The molecule has 0 saturated carbocycles. The number of ether oxygens (including phenoxy) is 1. The van der Waals surface area contributed by atoms with Crippen molar-refractivity contribution < 1.29 is 14.1 Å². The van der Waals surface area contributed by atoms with E-state index in [2.05, 4.69) is 15.8 Å². The number of aromatic nitrogens is 1. The fraction of sp³-hybridized carbons (Fsp3) is 0.360. The Morgan fingerprint density at radius 3 is 2.68 bits per heavy atom. The second-order valence-corrected chi connectivity index (χ2v) is 8.07. The fourth-order valence-electron chi connectivity index (χ4n) is 4.05. The molecule has 1 amide bonds. The van der Waals surface area contributed by atoms with E-state index in [-0.39, 0.29) is 5.91 Å². The zero-order valence-corrected chi connectivity index (χ0v) is 17.6. The molecule has 6 nitrogen and oxygen atoms in total. The molecule has 0 bridgehead atoms. The Kier molecular flexibility index (Phi) is 7.34. The van der Waals surface area contributed by atoms with Gasteiger partial charge in [-0.1, -0.05) is 53.7 Å². The fourth-order valence-corrected chi connectivity index (χ4v) is 4.05. The SMILES string of the molecule is O=C(CC1CCNCC1Cc1cc(COc2ccccc2)on1)NCc1ccccc1. The third-order valence-corrected chi connectivity index (χ3v) is 5.75. The van der Waals surface area contributed by atoms with Crippen LogP contribution in [0.15, 0.2) is 71.3 Å². The first-order valence-electron chi connectivity index (χ1n) is 10.9. The van der Waals surface area contributed by atoms with Crippen molar-refractivity contribution in [3.05, 3.63) is 83.7 Å². The number of rotatable bonds is 9. The molecule has 2 aromatic carbocycles. The quantitative estimate of drug-likeness (QED) is 0.553. The largest absolute Gasteiger partial charge is 0.486 e. The smallest absolute Gasteiger partial charge is 0.220 e. The molecule has 2 unspecified atom stereocenters. The maximum atomic E-state index is 12.5. The number of nitrogens with one attached hydrogen (secondary N) is 2. The van der Waals surface area contributed by atoms with Crippen LogP contribution in [-0.2, 0) is 24.4 Å². The summed E-state index contributed by atoms with van der Waals surface area (Å²) in [5, 5.41) is 10.7. The molecule has 0 radical (unpaired) electrons. The van der Waals surface area contributed by atoms with E-state index in [9.17, 15) is 4.79 Å². The lowest BCUT2D eigenvalue weighted by Crippen LogP contribution is -2.40. The second-order valence-electron chi connectivity index (χ2n) is 8.07. The van der Waals surface area contributed by atoms with Gasteiger partial charge in [-0.15, -0.1) is 0 Å². The van der Waals surface area contributed by atoms with Crippen LogP contribution < -0.4 is 15.4 Å². The van der Waals surface area contributed by atoms with E-state index in [0.29, 0.717) is 37.2 Å². The van der Waals surface area contributed by atoms with Gasteiger partial charge in [0.25, 0.3) is 0 Å². The molecule has 162 valence electrons. The maximum absolute atomic E-state index is 12.5. The summed E-state index contributed by atoms with van der Waals surface area (Å²) in [6, 6.07) is 21.6. The molecule has 1 aliphatic heterocycles. The maximum Gasteiger partial charge on any atom is 0.220 e. The Balaban J connectivity index is 1.27. The molecule has 1 saturated heterocycles. The van der Waals surface area contributed by atoms with Gasteiger partial charge in [-0.25, -0.2) is 0 Å². The van der Waals surface area contributed by atoms with E-state index < -0.39 is 0 Å². The molecular weight excluding hydrogens is 390 g/mol. The molecule has 1 fully saturated rings. The average Bonchev–Trinajstić information content (AvgIpc) is 3.26. The predicted octanol–water partition coefficient (Wildman–Crippen LogP) is 3.73. The zero-order valence-electron chi connectivity index (χ0n) is 17.6. The van der Waals surface area contributed by atoms with Crippen LogP contribution in [0.2, 0.25) is 0 Å². The molecule has 2 N–H and O–H groups in total. The summed E-state index contributed by atoms with van der Waals surface area (Å²) in [5.41, 5.74) is 2.03. The standard InChI is InChI=1S/C25H29N3O3/c29-25(27-16-19-7-3-1-4-8-19)14-20-11-12-26-17-21(20)13-22-15-24(31-28-22)18-30-23-9-5-2-6-10-23/h1-10,15,20-21,26H,11-14,16-18H2,(H,27,29). The Hall–Kier alpha value is -3.12. The number of para-hydroxylation sites is 1. The second kappa shape index (κ2) is 10.8. The first-order chi connectivity index (χ1) is 15.3. The van der Waals surface area contributed by atoms with Gasteiger partial charge in [0.05, 0.1) is 5.69 Å². The van der Waals surface area contributed by atoms with Gasteiger partial charge in [0.1, 0.15) is 12.4 Å². The van der Waals surface area contributed by atoms with Crippen molar-refractivity contribution >= 4 is 5.91 Å². The zero-order chi connectivity index (χ0) is 21.3. The third-order valence-electron chi connectivity index (χ3n) is 5.75. The highest BCUT2D eigenvalue weighted by atomic mass is 16.5. The van der Waals surface area contributed by atoms with Crippen molar-refractivity contribution in [2.75, 3.05) is 13.1 Å². The Morgan fingerprint density at radius 1 is 1.10 bits per heavy atom. The van der Waals surface area contributed by atoms with E-state index >= 15 is 0 Å². The average molecular weight is 420 g/mol. The monoisotopic (exact) mass is 419 g/mol. The van der Waals surface area contributed by atoms with E-state index in [0.717, 1.165) is 42.9 Å². The number of nitrogens with zero attached hydrogens (tertiary/aromatic N) is 1. The van der Waals surface area contributed by atoms with Gasteiger partial charge in [0.15, 0.2) is 5.76 Å². The van der Waals surface area contributed by atoms with Crippen LogP contribution in [0.25, 0.3) is 0 Å². The number of hydrogen-bond acceptors (Lipinski definition) is 5. The Labute approximate surface area is 183 Å². The summed E-state index contributed by atoms with van der Waals surface area (Å²) in [6.45, 7) is 2.76. The first kappa shape index (κ1) is 21.1. The van der Waals surface area contributed by atoms with Crippen molar-refractivity contribution in [2.45, 2.75) is 32.4 Å². The summed E-state index contributed by atoms with van der Waals surface area (Å²) >= 11 is 0. The van der Waals surface area contributed by atoms with E-state index in [1.807, 2.05) is 66.7 Å². The lowest BCUT2D eigenvalue weighted by molar-refractivity contribution is -0.122. The predicted molar refractivity (Wildman–Crippen MR) is 118 cm³/mol. The van der Waals surface area contributed by atoms with Crippen molar-refractivity contribution in [1.29, 1.82) is 0 Å². The lowest BCUT2D eigenvalue weighted by Gasteiger charge is -2.31. The highest BCUT2D eigenvalue weighted by Crippen LogP contribution is 2.26. The Morgan fingerprint density at radius 2 is 1.87 bits per heavy atom. The van der Waals surface area contributed by atoms with Crippen molar-refractivity contribution in [1.82, 2.24) is 15.8 Å². The van der Waals surface area contributed by atoms with Crippen molar-refractivity contribution in [2.24, 2.45) is 11.8 Å². The number of piperidine rings is 1. The summed E-state index contributed by atoms with van der Waals surface area (Å²) < 4.78 is 11.2. The van der Waals surface area contributed by atoms with Crippen molar-refractivity contribution in [3.8, 4) is 5.75 Å². The van der Waals surface area contributed by atoms with Crippen LogP contribution in [-0.4, -0.2) is 24.2 Å². The van der Waals surface area contributed by atoms with Crippen LogP contribution in [0.4, 0.5) is 0 Å². The first-order valence-corrected chi connectivity index (χ1v) is 10.9. The number of hydrogen-bond donors (Lipinski definition) is 2. The van der Waals surface area contributed by atoms with Crippen LogP contribution in [0, 0.1) is 11.8 Å². The highest BCUT2D eigenvalue weighted by molar-refractivity contribution is 5.76. The van der Waals surface area contributed by atoms with Gasteiger partial charge in [0.2, 0.25) is 5.91 Å². The van der Waals surface area contributed by atoms with Crippen LogP contribution in [0.5, 0.6) is 5.75 Å². The highest BCUT2D eigenvalue weighted by Gasteiger charge is 2.28. The summed E-state index contributed by atoms with van der Waals surface area (Å²) in [6.07, 6.45) is 2.32. The van der Waals surface area contributed by atoms with Gasteiger partial charge in [0, 0.05) is 19.0 Å². The van der Waals surface area contributed by atoms with Gasteiger partial charge >= 0.3 is 0 Å². The number of carbonyl (C=O) groups is 1. The molecule has 31 heavy (non-hydrogen) atoms. The minimum absolute atomic E-state index is 0.109. The number of carbonyl (C=O) groups excluding carboxylic acids is 1. The van der Waals surface area contributed by atoms with Crippen molar-refractivity contribution in [3.63, 3.8) is 0 Å². The molecular formula is C25H29N3O3. The van der Waals surface area contributed by atoms with Crippen LogP contribution in [0.1, 0.15) is 29.9 Å². The number of benzene rings is 2. The van der Waals surface area contributed by atoms with E-state index in [1.165, 1.54) is 0 Å². The third kappa shape index (κ3) is 6.43. The van der Waals surface area contributed by atoms with Crippen LogP contribution in [0.3, 0.4) is 0 Å².